The highest BCUT2D eigenvalue weighted by Crippen LogP contribution is 2.28. The van der Waals surface area contributed by atoms with Crippen LogP contribution in [0.15, 0.2) is 48.5 Å². The summed E-state index contributed by atoms with van der Waals surface area (Å²) in [7, 11) is 0. The number of nitro groups is 1. The molecule has 1 saturated heterocycles. The molecule has 0 radical (unpaired) electrons. The van der Waals surface area contributed by atoms with Gasteiger partial charge >= 0.3 is 6.61 Å². The zero-order valence-corrected chi connectivity index (χ0v) is 15.8. The zero-order chi connectivity index (χ0) is 21.5. The summed E-state index contributed by atoms with van der Waals surface area (Å²) < 4.78 is 34.9. The van der Waals surface area contributed by atoms with E-state index in [0.29, 0.717) is 32.0 Å². The number of para-hydroxylation sites is 2. The molecule has 1 heterocycles. The van der Waals surface area contributed by atoms with Crippen molar-refractivity contribution in [1.29, 1.82) is 0 Å². The Balaban J connectivity index is 1.78. The summed E-state index contributed by atoms with van der Waals surface area (Å²) in [5.74, 6) is -0.793. The van der Waals surface area contributed by atoms with Gasteiger partial charge in [-0.25, -0.2) is 0 Å². The Labute approximate surface area is 170 Å². The number of carbonyl (C=O) groups is 1. The van der Waals surface area contributed by atoms with Gasteiger partial charge < -0.3 is 19.7 Å². The standard InChI is InChI=1S/C20H19F2N3O5/c21-20(22)30-18-7-6-15(25(27)28)13-14(18)5-8-19(26)23-16-3-1-2-4-17(16)24-9-11-29-12-10-24/h1-8,13,20H,9-12H2,(H,23,26)/b8-5+. The van der Waals surface area contributed by atoms with Gasteiger partial charge in [-0.3, -0.25) is 14.9 Å². The van der Waals surface area contributed by atoms with Gasteiger partial charge in [-0.2, -0.15) is 8.78 Å². The molecule has 0 aromatic heterocycles. The SMILES string of the molecule is O=C(/C=C/c1cc([N+](=O)[O-])ccc1OC(F)F)Nc1ccccc1N1CCOCC1. The molecule has 2 aromatic rings. The fraction of sp³-hybridized carbons (Fsp3) is 0.250. The Morgan fingerprint density at radius 2 is 1.97 bits per heavy atom. The minimum Gasteiger partial charge on any atom is -0.434 e. The third-order valence-electron chi connectivity index (χ3n) is 4.35. The van der Waals surface area contributed by atoms with Gasteiger partial charge in [-0.15, -0.1) is 0 Å². The van der Waals surface area contributed by atoms with Crippen molar-refractivity contribution in [2.45, 2.75) is 6.61 Å². The van der Waals surface area contributed by atoms with Crippen LogP contribution in [0, 0.1) is 10.1 Å². The number of benzene rings is 2. The molecule has 3 rings (SSSR count). The molecule has 8 nitrogen and oxygen atoms in total. The number of nitrogens with one attached hydrogen (secondary N) is 1. The van der Waals surface area contributed by atoms with E-state index in [9.17, 15) is 23.7 Å². The molecule has 0 aliphatic carbocycles. The summed E-state index contributed by atoms with van der Waals surface area (Å²) >= 11 is 0. The third-order valence-corrected chi connectivity index (χ3v) is 4.35. The van der Waals surface area contributed by atoms with Crippen LogP contribution >= 0.6 is 0 Å². The highest BCUT2D eigenvalue weighted by molar-refractivity contribution is 6.04. The van der Waals surface area contributed by atoms with E-state index in [1.54, 1.807) is 12.1 Å². The predicted octanol–water partition coefficient (Wildman–Crippen LogP) is 3.68. The number of nitro benzene ring substituents is 1. The van der Waals surface area contributed by atoms with E-state index in [1.165, 1.54) is 6.08 Å². The van der Waals surface area contributed by atoms with Crippen molar-refractivity contribution >= 4 is 29.0 Å². The topological polar surface area (TPSA) is 93.9 Å². The van der Waals surface area contributed by atoms with Gasteiger partial charge in [0, 0.05) is 36.9 Å². The summed E-state index contributed by atoms with van der Waals surface area (Å²) in [6, 6.07) is 10.4. The number of carbonyl (C=O) groups excluding carboxylic acids is 1. The van der Waals surface area contributed by atoms with Gasteiger partial charge in [0.05, 0.1) is 29.5 Å². The number of halogens is 2. The first-order valence-corrected chi connectivity index (χ1v) is 9.08. The van der Waals surface area contributed by atoms with Crippen LogP contribution in [0.5, 0.6) is 5.75 Å². The van der Waals surface area contributed by atoms with E-state index in [0.717, 1.165) is 30.0 Å². The number of alkyl halides is 2. The Kier molecular flexibility index (Phi) is 6.91. The first-order chi connectivity index (χ1) is 14.4. The van der Waals surface area contributed by atoms with Crippen LogP contribution in [0.1, 0.15) is 5.56 Å². The van der Waals surface area contributed by atoms with Crippen molar-refractivity contribution in [2.24, 2.45) is 0 Å². The lowest BCUT2D eigenvalue weighted by atomic mass is 10.1. The van der Waals surface area contributed by atoms with E-state index in [-0.39, 0.29) is 17.0 Å². The molecule has 1 fully saturated rings. The smallest absolute Gasteiger partial charge is 0.387 e. The maximum absolute atomic E-state index is 12.6. The summed E-state index contributed by atoms with van der Waals surface area (Å²) in [6.45, 7) is -0.563. The van der Waals surface area contributed by atoms with Crippen LogP contribution in [0.2, 0.25) is 0 Å². The maximum Gasteiger partial charge on any atom is 0.387 e. The molecular weight excluding hydrogens is 400 g/mol. The molecule has 158 valence electrons. The second-order valence-electron chi connectivity index (χ2n) is 6.30. The number of hydrogen-bond acceptors (Lipinski definition) is 6. The van der Waals surface area contributed by atoms with Gasteiger partial charge in [0.2, 0.25) is 5.91 Å². The molecule has 0 unspecified atom stereocenters. The second kappa shape index (κ2) is 9.79. The summed E-state index contributed by atoms with van der Waals surface area (Å²) in [5.41, 5.74) is 1.09. The Morgan fingerprint density at radius 1 is 1.23 bits per heavy atom. The maximum atomic E-state index is 12.6. The largest absolute Gasteiger partial charge is 0.434 e. The number of nitrogens with zero attached hydrogens (tertiary/aromatic N) is 2. The number of anilines is 2. The molecule has 30 heavy (non-hydrogen) atoms. The predicted molar refractivity (Wildman–Crippen MR) is 107 cm³/mol. The number of rotatable bonds is 7. The van der Waals surface area contributed by atoms with Crippen LogP contribution in [-0.4, -0.2) is 43.7 Å². The summed E-state index contributed by atoms with van der Waals surface area (Å²) in [5, 5.41) is 13.7. The monoisotopic (exact) mass is 419 g/mol. The van der Waals surface area contributed by atoms with E-state index in [4.69, 9.17) is 4.74 Å². The first-order valence-electron chi connectivity index (χ1n) is 9.08. The highest BCUT2D eigenvalue weighted by Gasteiger charge is 2.16. The minimum absolute atomic E-state index is 0.0129. The van der Waals surface area contributed by atoms with E-state index < -0.39 is 17.4 Å². The van der Waals surface area contributed by atoms with Gasteiger partial charge in [-0.05, 0) is 24.3 Å². The molecule has 1 amide bonds. The molecule has 0 bridgehead atoms. The zero-order valence-electron chi connectivity index (χ0n) is 15.8. The fourth-order valence-corrected chi connectivity index (χ4v) is 2.98. The Hall–Kier alpha value is -3.53. The molecule has 1 aliphatic heterocycles. The van der Waals surface area contributed by atoms with Crippen molar-refractivity contribution in [1.82, 2.24) is 0 Å². The van der Waals surface area contributed by atoms with E-state index in [2.05, 4.69) is 15.0 Å². The van der Waals surface area contributed by atoms with Crippen LogP contribution in [-0.2, 0) is 9.53 Å². The quantitative estimate of drug-likeness (QED) is 0.418. The van der Waals surface area contributed by atoms with Gasteiger partial charge in [0.15, 0.2) is 0 Å². The average molecular weight is 419 g/mol. The van der Waals surface area contributed by atoms with Crippen LogP contribution < -0.4 is 15.0 Å². The van der Waals surface area contributed by atoms with Gasteiger partial charge in [0.25, 0.3) is 5.69 Å². The van der Waals surface area contributed by atoms with Crippen molar-refractivity contribution < 1.29 is 28.0 Å². The minimum atomic E-state index is -3.10. The molecule has 1 aliphatic rings. The average Bonchev–Trinajstić information content (AvgIpc) is 2.73. The first kappa shape index (κ1) is 21.2. The number of non-ortho nitro benzene ring substituents is 1. The van der Waals surface area contributed by atoms with Crippen LogP contribution in [0.3, 0.4) is 0 Å². The molecule has 0 saturated carbocycles. The lowest BCUT2D eigenvalue weighted by molar-refractivity contribution is -0.384. The van der Waals surface area contributed by atoms with Crippen molar-refractivity contribution in [3.8, 4) is 5.75 Å². The van der Waals surface area contributed by atoms with Crippen molar-refractivity contribution in [3.63, 3.8) is 0 Å². The van der Waals surface area contributed by atoms with Gasteiger partial charge in [0.1, 0.15) is 5.75 Å². The normalized spacial score (nSPS) is 14.2. The highest BCUT2D eigenvalue weighted by atomic mass is 19.3. The molecule has 2 aromatic carbocycles. The van der Waals surface area contributed by atoms with Gasteiger partial charge in [-0.1, -0.05) is 12.1 Å². The molecular formula is C20H19F2N3O5. The molecule has 0 atom stereocenters. The second-order valence-corrected chi connectivity index (χ2v) is 6.30. The fourth-order valence-electron chi connectivity index (χ4n) is 2.98. The lowest BCUT2D eigenvalue weighted by Crippen LogP contribution is -2.36. The number of morpholine rings is 1. The molecule has 0 spiro atoms. The summed E-state index contributed by atoms with van der Waals surface area (Å²) in [4.78, 5) is 24.8. The van der Waals surface area contributed by atoms with Crippen molar-refractivity contribution in [3.05, 3.63) is 64.2 Å². The Morgan fingerprint density at radius 3 is 2.67 bits per heavy atom. The van der Waals surface area contributed by atoms with Crippen molar-refractivity contribution in [2.75, 3.05) is 36.5 Å². The van der Waals surface area contributed by atoms with E-state index >= 15 is 0 Å². The summed E-state index contributed by atoms with van der Waals surface area (Å²) in [6.07, 6.45) is 2.30. The Bertz CT molecular complexity index is 946. The molecule has 10 heteroatoms. The van der Waals surface area contributed by atoms with Crippen LogP contribution in [0.25, 0.3) is 6.08 Å². The van der Waals surface area contributed by atoms with Crippen LogP contribution in [0.4, 0.5) is 25.8 Å². The number of amides is 1. The third kappa shape index (κ3) is 5.51. The van der Waals surface area contributed by atoms with E-state index in [1.807, 2.05) is 12.1 Å². The number of ether oxygens (including phenoxy) is 2. The number of hydrogen-bond donors (Lipinski definition) is 1. The lowest BCUT2D eigenvalue weighted by Gasteiger charge is -2.30. The molecule has 1 N–H and O–H groups in total.